The number of esters is 2. The predicted octanol–water partition coefficient (Wildman–Crippen LogP) is 26.3. The molecule has 0 amide bonds. The fourth-order valence-corrected chi connectivity index (χ4v) is 11.8. The van der Waals surface area contributed by atoms with Crippen molar-refractivity contribution in [2.75, 3.05) is 13.2 Å². The fraction of sp³-hybridized carbons (Fsp3) is 0.872. The van der Waals surface area contributed by atoms with Crippen molar-refractivity contribution in [2.45, 2.75) is 424 Å². The smallest absolute Gasteiger partial charge is 0.306 e. The van der Waals surface area contributed by atoms with E-state index in [9.17, 15) is 14.7 Å². The summed E-state index contributed by atoms with van der Waals surface area (Å²) in [5.74, 6) is -0.562. The van der Waals surface area contributed by atoms with Crippen LogP contribution in [-0.4, -0.2) is 36.4 Å². The highest BCUT2D eigenvalue weighted by Gasteiger charge is 2.16. The molecular formula is C78H146O5. The molecule has 0 spiro atoms. The van der Waals surface area contributed by atoms with Gasteiger partial charge in [0.1, 0.15) is 6.61 Å². The molecule has 488 valence electrons. The molecule has 0 fully saturated rings. The zero-order valence-electron chi connectivity index (χ0n) is 56.2. The highest BCUT2D eigenvalue weighted by molar-refractivity contribution is 5.70. The highest BCUT2D eigenvalue weighted by atomic mass is 16.6. The summed E-state index contributed by atoms with van der Waals surface area (Å²) in [5, 5.41) is 9.72. The van der Waals surface area contributed by atoms with Gasteiger partial charge in [0.25, 0.3) is 0 Å². The Bertz CT molecular complexity index is 1360. The van der Waals surface area contributed by atoms with Crippen LogP contribution in [0.5, 0.6) is 0 Å². The van der Waals surface area contributed by atoms with Crippen LogP contribution < -0.4 is 0 Å². The average molecular weight is 1160 g/mol. The van der Waals surface area contributed by atoms with Crippen LogP contribution in [0.1, 0.15) is 418 Å². The molecular weight excluding hydrogens is 1020 g/mol. The maximum Gasteiger partial charge on any atom is 0.306 e. The molecule has 83 heavy (non-hydrogen) atoms. The first-order chi connectivity index (χ1) is 41.1. The second kappa shape index (κ2) is 74.1. The van der Waals surface area contributed by atoms with E-state index < -0.39 is 6.10 Å². The van der Waals surface area contributed by atoms with Crippen LogP contribution in [0.2, 0.25) is 0 Å². The summed E-state index contributed by atoms with van der Waals surface area (Å²) in [4.78, 5) is 24.7. The summed E-state index contributed by atoms with van der Waals surface area (Å²) in [5.41, 5.74) is 0. The number of hydrogen-bond donors (Lipinski definition) is 1. The van der Waals surface area contributed by atoms with E-state index in [1.807, 2.05) is 0 Å². The van der Waals surface area contributed by atoms with Gasteiger partial charge in [-0.3, -0.25) is 9.59 Å². The second-order valence-electron chi connectivity index (χ2n) is 25.7. The lowest BCUT2D eigenvalue weighted by atomic mass is 10.0. The van der Waals surface area contributed by atoms with Crippen molar-refractivity contribution < 1.29 is 24.2 Å². The largest absolute Gasteiger partial charge is 0.462 e. The van der Waals surface area contributed by atoms with Gasteiger partial charge in [0, 0.05) is 12.8 Å². The van der Waals surface area contributed by atoms with E-state index in [-0.39, 0.29) is 25.2 Å². The van der Waals surface area contributed by atoms with Crippen molar-refractivity contribution in [3.8, 4) is 0 Å². The third-order valence-electron chi connectivity index (χ3n) is 17.4. The van der Waals surface area contributed by atoms with Crippen LogP contribution in [0.4, 0.5) is 0 Å². The standard InChI is InChI=1S/C78H146O5/c1-3-5-7-9-11-13-15-17-19-21-23-25-27-29-31-33-35-36-37-38-39-40-41-42-43-45-47-49-51-53-55-57-59-61-63-65-67-69-71-73-78(81)83-76(74-79)75-82-77(80)72-70-68-66-64-62-60-58-56-54-52-50-48-46-44-34-32-30-28-26-24-22-20-18-16-14-12-10-8-6-4-2/h5,7,11,13,17,19,23,25,76,79H,3-4,6,8-10,12,14-16,18,20-22,24,26-75H2,1-2H3/b7-5-,13-11-,19-17-,25-23-. The maximum atomic E-state index is 12.4. The molecule has 0 bridgehead atoms. The minimum Gasteiger partial charge on any atom is -0.462 e. The van der Waals surface area contributed by atoms with E-state index >= 15 is 0 Å². The number of aliphatic hydroxyl groups is 1. The number of carbonyl (C=O) groups excluding carboxylic acids is 2. The first-order valence-electron chi connectivity index (χ1n) is 37.7. The Morgan fingerprint density at radius 2 is 0.518 bits per heavy atom. The maximum absolute atomic E-state index is 12.4. The first-order valence-corrected chi connectivity index (χ1v) is 37.7. The van der Waals surface area contributed by atoms with Gasteiger partial charge < -0.3 is 14.6 Å². The van der Waals surface area contributed by atoms with E-state index in [1.165, 1.54) is 334 Å². The molecule has 0 rings (SSSR count). The number of ether oxygens (including phenoxy) is 2. The van der Waals surface area contributed by atoms with Gasteiger partial charge in [-0.2, -0.15) is 0 Å². The molecule has 0 aromatic heterocycles. The number of aliphatic hydroxyl groups excluding tert-OH is 1. The van der Waals surface area contributed by atoms with Gasteiger partial charge in [-0.1, -0.05) is 403 Å². The minimum atomic E-state index is -0.769. The average Bonchev–Trinajstić information content (AvgIpc) is 3.49. The molecule has 1 unspecified atom stereocenters. The van der Waals surface area contributed by atoms with E-state index in [0.717, 1.165) is 57.8 Å². The predicted molar refractivity (Wildman–Crippen MR) is 367 cm³/mol. The first kappa shape index (κ1) is 80.9. The summed E-state index contributed by atoms with van der Waals surface area (Å²) < 4.78 is 10.8. The summed E-state index contributed by atoms with van der Waals surface area (Å²) in [7, 11) is 0. The zero-order chi connectivity index (χ0) is 59.8. The van der Waals surface area contributed by atoms with Crippen LogP contribution in [0.25, 0.3) is 0 Å². The Balaban J connectivity index is 3.36. The Kier molecular flexibility index (Phi) is 72.2. The van der Waals surface area contributed by atoms with E-state index in [2.05, 4.69) is 62.5 Å². The number of carbonyl (C=O) groups is 2. The van der Waals surface area contributed by atoms with Crippen molar-refractivity contribution in [3.63, 3.8) is 0 Å². The van der Waals surface area contributed by atoms with Crippen LogP contribution in [-0.2, 0) is 19.1 Å². The van der Waals surface area contributed by atoms with Crippen molar-refractivity contribution >= 4 is 11.9 Å². The van der Waals surface area contributed by atoms with Crippen molar-refractivity contribution in [2.24, 2.45) is 0 Å². The lowest BCUT2D eigenvalue weighted by Crippen LogP contribution is -2.28. The normalized spacial score (nSPS) is 12.4. The minimum absolute atomic E-state index is 0.0580. The Morgan fingerprint density at radius 3 is 0.783 bits per heavy atom. The molecule has 0 aliphatic rings. The summed E-state index contributed by atoms with van der Waals surface area (Å²) in [6.45, 7) is 4.10. The molecule has 0 aliphatic carbocycles. The van der Waals surface area contributed by atoms with Gasteiger partial charge >= 0.3 is 11.9 Å². The molecule has 0 aromatic rings. The number of allylic oxidation sites excluding steroid dienone is 8. The molecule has 1 atom stereocenters. The SMILES string of the molecule is CC/C=C\C/C=C\C/C=C\C/C=C\CCCCCCCCCCCCCCCCCCCCCCCCCCCCC(=O)OC(CO)COC(=O)CCCCCCCCCCCCCCCCCCCCCCCCCCCCCCCC. The van der Waals surface area contributed by atoms with Crippen LogP contribution in [0, 0.1) is 0 Å². The molecule has 1 N–H and O–H groups in total. The fourth-order valence-electron chi connectivity index (χ4n) is 11.8. The molecule has 0 saturated carbocycles. The zero-order valence-corrected chi connectivity index (χ0v) is 56.2. The van der Waals surface area contributed by atoms with Gasteiger partial charge in [0.2, 0.25) is 0 Å². The number of unbranched alkanes of at least 4 members (excludes halogenated alkanes) is 55. The third-order valence-corrected chi connectivity index (χ3v) is 17.4. The molecule has 5 nitrogen and oxygen atoms in total. The van der Waals surface area contributed by atoms with Crippen molar-refractivity contribution in [3.05, 3.63) is 48.6 Å². The molecule has 5 heteroatoms. The molecule has 0 heterocycles. The quantitative estimate of drug-likeness (QED) is 0.0373. The van der Waals surface area contributed by atoms with Gasteiger partial charge in [0.15, 0.2) is 6.10 Å². The number of hydrogen-bond acceptors (Lipinski definition) is 5. The van der Waals surface area contributed by atoms with Crippen molar-refractivity contribution in [1.82, 2.24) is 0 Å². The monoisotopic (exact) mass is 1160 g/mol. The highest BCUT2D eigenvalue weighted by Crippen LogP contribution is 2.20. The molecule has 0 radical (unpaired) electrons. The van der Waals surface area contributed by atoms with Crippen LogP contribution in [0.3, 0.4) is 0 Å². The Labute approximate surface area is 519 Å². The van der Waals surface area contributed by atoms with Crippen LogP contribution >= 0.6 is 0 Å². The topological polar surface area (TPSA) is 72.8 Å². The van der Waals surface area contributed by atoms with Crippen molar-refractivity contribution in [1.29, 1.82) is 0 Å². The van der Waals surface area contributed by atoms with Gasteiger partial charge in [-0.25, -0.2) is 0 Å². The molecule has 0 saturated heterocycles. The second-order valence-corrected chi connectivity index (χ2v) is 25.7. The van der Waals surface area contributed by atoms with Gasteiger partial charge in [-0.15, -0.1) is 0 Å². The van der Waals surface area contributed by atoms with E-state index in [4.69, 9.17) is 9.47 Å². The molecule has 0 aromatic carbocycles. The van der Waals surface area contributed by atoms with E-state index in [1.54, 1.807) is 0 Å². The lowest BCUT2D eigenvalue weighted by Gasteiger charge is -2.15. The van der Waals surface area contributed by atoms with E-state index in [0.29, 0.717) is 12.8 Å². The number of rotatable bonds is 71. The van der Waals surface area contributed by atoms with Crippen LogP contribution in [0.15, 0.2) is 48.6 Å². The third kappa shape index (κ3) is 72.2. The summed E-state index contributed by atoms with van der Waals surface area (Å²) in [6.07, 6.45) is 100. The summed E-state index contributed by atoms with van der Waals surface area (Å²) >= 11 is 0. The molecule has 0 aliphatic heterocycles. The van der Waals surface area contributed by atoms with Gasteiger partial charge in [0.05, 0.1) is 6.61 Å². The Hall–Kier alpha value is -2.14. The Morgan fingerprint density at radius 1 is 0.289 bits per heavy atom. The summed E-state index contributed by atoms with van der Waals surface area (Å²) in [6, 6.07) is 0. The lowest BCUT2D eigenvalue weighted by molar-refractivity contribution is -0.161. The van der Waals surface area contributed by atoms with Gasteiger partial charge in [-0.05, 0) is 51.4 Å².